The summed E-state index contributed by atoms with van der Waals surface area (Å²) in [6, 6.07) is 17.1. The maximum Gasteiger partial charge on any atom is 0.299 e. The quantitative estimate of drug-likeness (QED) is 0.204. The third kappa shape index (κ3) is 4.31. The minimum absolute atomic E-state index is 0.110. The molecule has 180 valence electrons. The third-order valence-corrected chi connectivity index (χ3v) is 6.15. The number of aromatic nitrogens is 4. The van der Waals surface area contributed by atoms with Gasteiger partial charge in [-0.2, -0.15) is 8.42 Å². The zero-order valence-electron chi connectivity index (χ0n) is 18.1. The first-order valence-corrected chi connectivity index (χ1v) is 11.7. The molecule has 0 aliphatic carbocycles. The molecule has 2 heterocycles. The van der Waals surface area contributed by atoms with Crippen LogP contribution >= 0.6 is 0 Å². The average Bonchev–Trinajstić information content (AvgIpc) is 3.46. The zero-order valence-corrected chi connectivity index (χ0v) is 19.0. The van der Waals surface area contributed by atoms with Crippen molar-refractivity contribution in [2.75, 3.05) is 0 Å². The van der Waals surface area contributed by atoms with Crippen molar-refractivity contribution in [3.05, 3.63) is 78.5 Å². The predicted molar refractivity (Wildman–Crippen MR) is 127 cm³/mol. The van der Waals surface area contributed by atoms with Gasteiger partial charge in [-0.25, -0.2) is 4.68 Å². The van der Waals surface area contributed by atoms with Gasteiger partial charge in [0.25, 0.3) is 16.0 Å². The monoisotopic (exact) mass is 504 g/mol. The minimum atomic E-state index is -4.50. The molecule has 1 amide bonds. The van der Waals surface area contributed by atoms with Gasteiger partial charge in [0.1, 0.15) is 11.4 Å². The van der Waals surface area contributed by atoms with E-state index in [1.165, 1.54) is 28.9 Å². The van der Waals surface area contributed by atoms with E-state index < -0.39 is 26.8 Å². The van der Waals surface area contributed by atoms with E-state index in [0.717, 1.165) is 17.7 Å². The van der Waals surface area contributed by atoms with Crippen molar-refractivity contribution in [3.8, 4) is 28.6 Å². The molecule has 12 nitrogen and oxygen atoms in total. The molecule has 5 aromatic rings. The Morgan fingerprint density at radius 2 is 1.78 bits per heavy atom. The highest BCUT2D eigenvalue weighted by atomic mass is 32.2. The molecule has 0 spiro atoms. The summed E-state index contributed by atoms with van der Waals surface area (Å²) < 4.78 is 33.5. The first-order valence-electron chi connectivity index (χ1n) is 10.3. The number of phenolic OH excluding ortho intramolecular Hbond substituents is 1. The van der Waals surface area contributed by atoms with Crippen LogP contribution in [0.4, 0.5) is 5.69 Å². The van der Waals surface area contributed by atoms with Gasteiger partial charge in [0.15, 0.2) is 5.69 Å². The molecule has 0 aliphatic rings. The number of hydrogen-bond acceptors (Lipinski definition) is 8. The largest absolute Gasteiger partial charge is 0.507 e. The van der Waals surface area contributed by atoms with Crippen molar-refractivity contribution in [1.82, 2.24) is 20.0 Å². The SMILES string of the molecule is O=C(N=Nc1c(O)[nH]c2ccc(S(=O)(=O)O)cc12)c1ccc(-n2cc(-c3ccccc3)nn2)cc1O. The molecule has 13 heteroatoms. The predicted octanol–water partition coefficient (Wildman–Crippen LogP) is 4.00. The number of benzene rings is 3. The van der Waals surface area contributed by atoms with Crippen molar-refractivity contribution in [2.24, 2.45) is 10.2 Å². The molecule has 0 saturated carbocycles. The Labute approximate surface area is 202 Å². The minimum Gasteiger partial charge on any atom is -0.507 e. The van der Waals surface area contributed by atoms with Crippen LogP contribution in [0.3, 0.4) is 0 Å². The van der Waals surface area contributed by atoms with Gasteiger partial charge in [0, 0.05) is 17.0 Å². The van der Waals surface area contributed by atoms with Crippen LogP contribution in [0.15, 0.2) is 88.1 Å². The fourth-order valence-corrected chi connectivity index (χ4v) is 4.03. The molecule has 0 atom stereocenters. The molecular formula is C23H16N6O6S. The topological polar surface area (TPSA) is 183 Å². The van der Waals surface area contributed by atoms with Crippen molar-refractivity contribution in [1.29, 1.82) is 0 Å². The van der Waals surface area contributed by atoms with E-state index in [0.29, 0.717) is 16.9 Å². The normalized spacial score (nSPS) is 11.9. The third-order valence-electron chi connectivity index (χ3n) is 5.30. The summed E-state index contributed by atoms with van der Waals surface area (Å²) in [5.41, 5.74) is 1.86. The lowest BCUT2D eigenvalue weighted by molar-refractivity contribution is 0.0992. The lowest BCUT2D eigenvalue weighted by atomic mass is 10.1. The molecule has 4 N–H and O–H groups in total. The van der Waals surface area contributed by atoms with Gasteiger partial charge in [0.2, 0.25) is 5.88 Å². The number of aromatic hydroxyl groups is 2. The van der Waals surface area contributed by atoms with E-state index in [-0.39, 0.29) is 22.4 Å². The Morgan fingerprint density at radius 1 is 1.00 bits per heavy atom. The average molecular weight is 504 g/mol. The summed E-state index contributed by atoms with van der Waals surface area (Å²) in [7, 11) is -4.50. The van der Waals surface area contributed by atoms with Crippen LogP contribution in [0, 0.1) is 0 Å². The highest BCUT2D eigenvalue weighted by Crippen LogP contribution is 2.37. The van der Waals surface area contributed by atoms with Crippen molar-refractivity contribution in [3.63, 3.8) is 0 Å². The van der Waals surface area contributed by atoms with Crippen LogP contribution in [0.2, 0.25) is 0 Å². The smallest absolute Gasteiger partial charge is 0.299 e. The maximum atomic E-state index is 12.6. The van der Waals surface area contributed by atoms with E-state index in [4.69, 9.17) is 0 Å². The molecule has 36 heavy (non-hydrogen) atoms. The van der Waals surface area contributed by atoms with Crippen molar-refractivity contribution in [2.45, 2.75) is 4.90 Å². The van der Waals surface area contributed by atoms with Gasteiger partial charge < -0.3 is 15.2 Å². The summed E-state index contributed by atoms with van der Waals surface area (Å²) >= 11 is 0. The first kappa shape index (κ1) is 22.9. The Kier molecular flexibility index (Phi) is 5.54. The molecular weight excluding hydrogens is 488 g/mol. The van der Waals surface area contributed by atoms with E-state index in [9.17, 15) is 28.0 Å². The molecule has 0 radical (unpaired) electrons. The van der Waals surface area contributed by atoms with E-state index in [2.05, 4.69) is 25.5 Å². The van der Waals surface area contributed by atoms with Gasteiger partial charge in [-0.05, 0) is 30.3 Å². The standard InChI is InChI=1S/C23H16N6O6S/c30-20-10-14(29-12-19(25-28-29)13-4-2-1-3-5-13)6-8-16(20)22(31)27-26-21-17-11-15(36(33,34)35)7-9-18(17)24-23(21)32/h1-12,24,30,32H,(H,33,34,35). The van der Waals surface area contributed by atoms with Crippen molar-refractivity contribution >= 4 is 32.6 Å². The number of azo groups is 1. The number of aromatic amines is 1. The Morgan fingerprint density at radius 3 is 2.50 bits per heavy atom. The number of rotatable bonds is 5. The lowest BCUT2D eigenvalue weighted by Gasteiger charge is -2.04. The van der Waals surface area contributed by atoms with Gasteiger partial charge in [0.05, 0.1) is 27.9 Å². The summed E-state index contributed by atoms with van der Waals surface area (Å²) in [6.07, 6.45) is 1.67. The van der Waals surface area contributed by atoms with E-state index in [1.54, 1.807) is 6.20 Å². The molecule has 0 aliphatic heterocycles. The van der Waals surface area contributed by atoms with E-state index >= 15 is 0 Å². The van der Waals surface area contributed by atoms with Crippen LogP contribution in [0.25, 0.3) is 27.8 Å². The molecule has 0 saturated heterocycles. The number of hydrogen-bond donors (Lipinski definition) is 4. The second kappa shape index (κ2) is 8.72. The van der Waals surface area contributed by atoms with Crippen LogP contribution in [-0.4, -0.2) is 49.1 Å². The molecule has 0 fully saturated rings. The fourth-order valence-electron chi connectivity index (χ4n) is 3.53. The Bertz CT molecular complexity index is 1760. The Hall–Kier alpha value is -4.88. The summed E-state index contributed by atoms with van der Waals surface area (Å²) in [4.78, 5) is 14.7. The molecule has 0 unspecified atom stereocenters. The highest BCUT2D eigenvalue weighted by Gasteiger charge is 2.18. The number of nitrogens with zero attached hydrogens (tertiary/aromatic N) is 5. The fraction of sp³-hybridized carbons (Fsp3) is 0. The summed E-state index contributed by atoms with van der Waals surface area (Å²) in [5.74, 6) is -1.76. The summed E-state index contributed by atoms with van der Waals surface area (Å²) in [5, 5.41) is 36.1. The molecule has 0 bridgehead atoms. The van der Waals surface area contributed by atoms with Crippen LogP contribution < -0.4 is 0 Å². The number of nitrogens with one attached hydrogen (secondary N) is 1. The van der Waals surface area contributed by atoms with Gasteiger partial charge in [-0.3, -0.25) is 9.35 Å². The number of carbonyl (C=O) groups excluding carboxylic acids is 1. The van der Waals surface area contributed by atoms with Gasteiger partial charge >= 0.3 is 0 Å². The number of phenols is 1. The first-order chi connectivity index (χ1) is 17.2. The highest BCUT2D eigenvalue weighted by molar-refractivity contribution is 7.85. The van der Waals surface area contributed by atoms with Crippen molar-refractivity contribution < 1.29 is 28.0 Å². The Balaban J connectivity index is 1.41. The second-order valence-electron chi connectivity index (χ2n) is 7.63. The maximum absolute atomic E-state index is 12.6. The number of carbonyl (C=O) groups is 1. The number of H-pyrrole nitrogens is 1. The lowest BCUT2D eigenvalue weighted by Crippen LogP contribution is -1.99. The summed E-state index contributed by atoms with van der Waals surface area (Å²) in [6.45, 7) is 0. The van der Waals surface area contributed by atoms with Gasteiger partial charge in [-0.1, -0.05) is 35.5 Å². The zero-order chi connectivity index (χ0) is 25.4. The molecule has 3 aromatic carbocycles. The molecule has 2 aromatic heterocycles. The van der Waals surface area contributed by atoms with E-state index in [1.807, 2.05) is 30.3 Å². The van der Waals surface area contributed by atoms with Crippen LogP contribution in [0.5, 0.6) is 11.6 Å². The number of fused-ring (bicyclic) bond motifs is 1. The second-order valence-corrected chi connectivity index (χ2v) is 9.05. The van der Waals surface area contributed by atoms with Crippen LogP contribution in [0.1, 0.15) is 10.4 Å². The number of amides is 1. The molecule has 5 rings (SSSR count). The van der Waals surface area contributed by atoms with Gasteiger partial charge in [-0.15, -0.1) is 15.3 Å². The van der Waals surface area contributed by atoms with Crippen LogP contribution in [-0.2, 0) is 10.1 Å².